The van der Waals surface area contributed by atoms with E-state index in [9.17, 15) is 9.90 Å². The van der Waals surface area contributed by atoms with E-state index in [0.717, 1.165) is 25.2 Å². The number of nitrogens with zero attached hydrogens (tertiary/aromatic N) is 2. The van der Waals surface area contributed by atoms with Gasteiger partial charge >= 0.3 is 0 Å². The van der Waals surface area contributed by atoms with Crippen molar-refractivity contribution in [3.05, 3.63) is 35.9 Å². The highest BCUT2D eigenvalue weighted by molar-refractivity contribution is 5.82. The van der Waals surface area contributed by atoms with Gasteiger partial charge in [-0.3, -0.25) is 9.69 Å². The number of nitrogens with one attached hydrogen (secondary N) is 1. The first-order chi connectivity index (χ1) is 11.2. The number of hydrogen-bond acceptors (Lipinski definition) is 5. The summed E-state index contributed by atoms with van der Waals surface area (Å²) < 4.78 is 5.36. The van der Waals surface area contributed by atoms with Gasteiger partial charge in [-0.2, -0.15) is 0 Å². The van der Waals surface area contributed by atoms with Crippen LogP contribution in [0.15, 0.2) is 30.3 Å². The number of aliphatic hydroxyl groups excluding tert-OH is 1. The Labute approximate surface area is 137 Å². The number of benzene rings is 1. The van der Waals surface area contributed by atoms with Crippen molar-refractivity contribution in [3.8, 4) is 0 Å². The minimum Gasteiger partial charge on any atom is -0.387 e. The maximum Gasteiger partial charge on any atom is 0.242 e. The number of carbonyl (C=O) groups is 1. The SMILES string of the molecule is O=C(C1COCCN1)N1CCN(CC(O)c2ccccc2)CC1. The van der Waals surface area contributed by atoms with Crippen molar-refractivity contribution < 1.29 is 14.6 Å². The first kappa shape index (κ1) is 16.4. The van der Waals surface area contributed by atoms with Gasteiger partial charge in [0.25, 0.3) is 0 Å². The highest BCUT2D eigenvalue weighted by Gasteiger charge is 2.29. The van der Waals surface area contributed by atoms with Gasteiger partial charge in [0.2, 0.25) is 5.91 Å². The molecule has 1 aromatic carbocycles. The maximum atomic E-state index is 12.4. The lowest BCUT2D eigenvalue weighted by Crippen LogP contribution is -2.57. The monoisotopic (exact) mass is 319 g/mol. The van der Waals surface area contributed by atoms with Gasteiger partial charge < -0.3 is 20.1 Å². The van der Waals surface area contributed by atoms with Gasteiger partial charge in [0.1, 0.15) is 6.04 Å². The zero-order valence-corrected chi connectivity index (χ0v) is 13.4. The van der Waals surface area contributed by atoms with Crippen LogP contribution in [0.1, 0.15) is 11.7 Å². The van der Waals surface area contributed by atoms with Gasteiger partial charge in [-0.05, 0) is 5.56 Å². The standard InChI is InChI=1S/C17H25N3O3/c21-16(14-4-2-1-3-5-14)12-19-7-9-20(10-8-19)17(22)15-13-23-11-6-18-15/h1-5,15-16,18,21H,6-13H2. The number of amides is 1. The van der Waals surface area contributed by atoms with Crippen LogP contribution >= 0.6 is 0 Å². The number of piperazine rings is 1. The molecule has 23 heavy (non-hydrogen) atoms. The summed E-state index contributed by atoms with van der Waals surface area (Å²) in [5.41, 5.74) is 0.939. The highest BCUT2D eigenvalue weighted by Crippen LogP contribution is 2.15. The Hall–Kier alpha value is -1.47. The lowest BCUT2D eigenvalue weighted by Gasteiger charge is -2.37. The lowest BCUT2D eigenvalue weighted by molar-refractivity contribution is -0.138. The molecule has 0 saturated carbocycles. The van der Waals surface area contributed by atoms with Crippen molar-refractivity contribution in [1.82, 2.24) is 15.1 Å². The summed E-state index contributed by atoms with van der Waals surface area (Å²) in [5, 5.41) is 13.5. The molecule has 0 spiro atoms. The van der Waals surface area contributed by atoms with Gasteiger partial charge in [0.15, 0.2) is 0 Å². The van der Waals surface area contributed by atoms with Crippen LogP contribution in [0.4, 0.5) is 0 Å². The molecule has 3 rings (SSSR count). The van der Waals surface area contributed by atoms with E-state index in [1.165, 1.54) is 0 Å². The minimum atomic E-state index is -0.480. The number of aliphatic hydroxyl groups is 1. The second-order valence-electron chi connectivity index (χ2n) is 6.13. The molecule has 0 bridgehead atoms. The van der Waals surface area contributed by atoms with Crippen LogP contribution in [0.3, 0.4) is 0 Å². The summed E-state index contributed by atoms with van der Waals surface area (Å²) in [6, 6.07) is 9.51. The number of rotatable bonds is 4. The fourth-order valence-corrected chi connectivity index (χ4v) is 3.12. The predicted octanol–water partition coefficient (Wildman–Crippen LogP) is -0.147. The summed E-state index contributed by atoms with van der Waals surface area (Å²) in [7, 11) is 0. The summed E-state index contributed by atoms with van der Waals surface area (Å²) >= 11 is 0. The average molecular weight is 319 g/mol. The second kappa shape index (κ2) is 7.88. The molecular formula is C17H25N3O3. The van der Waals surface area contributed by atoms with Crippen molar-refractivity contribution in [2.75, 3.05) is 52.5 Å². The summed E-state index contributed by atoms with van der Waals surface area (Å²) in [6.45, 7) is 5.49. The van der Waals surface area contributed by atoms with Crippen LogP contribution in [0.25, 0.3) is 0 Å². The van der Waals surface area contributed by atoms with Crippen molar-refractivity contribution in [3.63, 3.8) is 0 Å². The molecule has 6 nitrogen and oxygen atoms in total. The van der Waals surface area contributed by atoms with Gasteiger partial charge in [-0.1, -0.05) is 30.3 Å². The van der Waals surface area contributed by atoms with Crippen LogP contribution in [0.5, 0.6) is 0 Å². The molecule has 2 aliphatic rings. The zero-order valence-electron chi connectivity index (χ0n) is 13.4. The first-order valence-electron chi connectivity index (χ1n) is 8.29. The average Bonchev–Trinajstić information content (AvgIpc) is 2.63. The molecule has 0 aromatic heterocycles. The Kier molecular flexibility index (Phi) is 5.61. The quantitative estimate of drug-likeness (QED) is 0.808. The van der Waals surface area contributed by atoms with Gasteiger partial charge in [0.05, 0.1) is 19.3 Å². The molecule has 126 valence electrons. The first-order valence-corrected chi connectivity index (χ1v) is 8.29. The van der Waals surface area contributed by atoms with E-state index in [0.29, 0.717) is 32.8 Å². The highest BCUT2D eigenvalue weighted by atomic mass is 16.5. The number of β-amino-alcohol motifs (C(OH)–C–C–N with tert-alkyl or cyclic N) is 1. The van der Waals surface area contributed by atoms with E-state index < -0.39 is 6.10 Å². The van der Waals surface area contributed by atoms with E-state index in [2.05, 4.69) is 10.2 Å². The van der Waals surface area contributed by atoms with Crippen LogP contribution in [-0.4, -0.2) is 79.3 Å². The molecule has 2 fully saturated rings. The number of hydrogen-bond donors (Lipinski definition) is 2. The molecule has 2 aliphatic heterocycles. The molecule has 0 radical (unpaired) electrons. The van der Waals surface area contributed by atoms with Crippen LogP contribution in [0, 0.1) is 0 Å². The van der Waals surface area contributed by atoms with Gasteiger partial charge in [-0.25, -0.2) is 0 Å². The van der Waals surface area contributed by atoms with Crippen molar-refractivity contribution in [2.24, 2.45) is 0 Å². The molecule has 0 aliphatic carbocycles. The molecule has 2 unspecified atom stereocenters. The Morgan fingerprint density at radius 3 is 2.65 bits per heavy atom. The molecule has 2 saturated heterocycles. The van der Waals surface area contributed by atoms with Crippen molar-refractivity contribution >= 4 is 5.91 Å². The van der Waals surface area contributed by atoms with E-state index in [1.807, 2.05) is 35.2 Å². The molecule has 6 heteroatoms. The minimum absolute atomic E-state index is 0.132. The topological polar surface area (TPSA) is 65.0 Å². The number of morpholine rings is 1. The Bertz CT molecular complexity index is 497. The number of carbonyl (C=O) groups excluding carboxylic acids is 1. The zero-order chi connectivity index (χ0) is 16.1. The summed E-state index contributed by atoms with van der Waals surface area (Å²) in [6.07, 6.45) is -0.480. The van der Waals surface area contributed by atoms with E-state index >= 15 is 0 Å². The van der Waals surface area contributed by atoms with Gasteiger partial charge in [-0.15, -0.1) is 0 Å². The van der Waals surface area contributed by atoms with E-state index in [4.69, 9.17) is 4.74 Å². The summed E-state index contributed by atoms with van der Waals surface area (Å²) in [5.74, 6) is 0.132. The third-order valence-electron chi connectivity index (χ3n) is 4.52. The number of ether oxygens (including phenoxy) is 1. The fraction of sp³-hybridized carbons (Fsp3) is 0.588. The Morgan fingerprint density at radius 2 is 2.00 bits per heavy atom. The van der Waals surface area contributed by atoms with Crippen LogP contribution in [0.2, 0.25) is 0 Å². The molecule has 1 amide bonds. The smallest absolute Gasteiger partial charge is 0.242 e. The van der Waals surface area contributed by atoms with E-state index in [1.54, 1.807) is 0 Å². The lowest BCUT2D eigenvalue weighted by atomic mass is 10.1. The van der Waals surface area contributed by atoms with Crippen LogP contribution in [-0.2, 0) is 9.53 Å². The molecule has 1 aromatic rings. The molecule has 2 atom stereocenters. The third-order valence-corrected chi connectivity index (χ3v) is 4.52. The van der Waals surface area contributed by atoms with Crippen molar-refractivity contribution in [1.29, 1.82) is 0 Å². The van der Waals surface area contributed by atoms with Crippen LogP contribution < -0.4 is 5.32 Å². The van der Waals surface area contributed by atoms with Crippen molar-refractivity contribution in [2.45, 2.75) is 12.1 Å². The second-order valence-corrected chi connectivity index (χ2v) is 6.13. The third kappa shape index (κ3) is 4.29. The van der Waals surface area contributed by atoms with E-state index in [-0.39, 0.29) is 11.9 Å². The normalized spacial score (nSPS) is 24.4. The predicted molar refractivity (Wildman–Crippen MR) is 87.0 cm³/mol. The molecule has 2 heterocycles. The summed E-state index contributed by atoms with van der Waals surface area (Å²) in [4.78, 5) is 16.5. The Balaban J connectivity index is 1.45. The molecular weight excluding hydrogens is 294 g/mol. The largest absolute Gasteiger partial charge is 0.387 e. The maximum absolute atomic E-state index is 12.4. The van der Waals surface area contributed by atoms with Gasteiger partial charge in [0, 0.05) is 39.3 Å². The fourth-order valence-electron chi connectivity index (χ4n) is 3.12. The Morgan fingerprint density at radius 1 is 1.26 bits per heavy atom. The molecule has 2 N–H and O–H groups in total.